The van der Waals surface area contributed by atoms with E-state index in [2.05, 4.69) is 85.6 Å². The molecule has 0 aliphatic rings. The van der Waals surface area contributed by atoms with Crippen molar-refractivity contribution < 1.29 is 0 Å². The topological polar surface area (TPSA) is 3.24 Å². The smallest absolute Gasteiger partial charge is 0.0163 e. The van der Waals surface area contributed by atoms with Crippen LogP contribution in [0.3, 0.4) is 0 Å². The summed E-state index contributed by atoms with van der Waals surface area (Å²) in [6, 6.07) is 21.2. The quantitative estimate of drug-likeness (QED) is 0.746. The molecule has 0 saturated carbocycles. The summed E-state index contributed by atoms with van der Waals surface area (Å²) < 4.78 is 0. The van der Waals surface area contributed by atoms with Crippen LogP contribution < -0.4 is 0 Å². The van der Waals surface area contributed by atoms with Crippen LogP contribution in [0.25, 0.3) is 6.08 Å². The number of likely N-dealkylation sites (N-methyl/N-ethyl adjacent to an activating group) is 1. The molecule has 0 spiro atoms. The Labute approximate surface area is 122 Å². The molecule has 0 aromatic heterocycles. The third-order valence-corrected chi connectivity index (χ3v) is 3.48. The van der Waals surface area contributed by atoms with Crippen molar-refractivity contribution in [2.45, 2.75) is 12.8 Å². The van der Waals surface area contributed by atoms with Gasteiger partial charge in [0.2, 0.25) is 0 Å². The van der Waals surface area contributed by atoms with Crippen LogP contribution in [0.5, 0.6) is 0 Å². The van der Waals surface area contributed by atoms with E-state index in [1.54, 1.807) is 0 Å². The Morgan fingerprint density at radius 1 is 0.950 bits per heavy atom. The molecule has 0 radical (unpaired) electrons. The molecular formula is C19H23N. The van der Waals surface area contributed by atoms with Gasteiger partial charge in [-0.1, -0.05) is 79.7 Å². The third kappa shape index (κ3) is 4.67. The molecule has 2 aromatic carbocycles. The number of nitrogens with zero attached hydrogens (tertiary/aromatic N) is 1. The Hall–Kier alpha value is -1.86. The zero-order valence-electron chi connectivity index (χ0n) is 12.4. The summed E-state index contributed by atoms with van der Waals surface area (Å²) in [5.74, 6) is 0.561. The van der Waals surface area contributed by atoms with Gasteiger partial charge < -0.3 is 4.90 Å². The van der Waals surface area contributed by atoms with E-state index in [9.17, 15) is 0 Å². The first-order valence-corrected chi connectivity index (χ1v) is 7.21. The summed E-state index contributed by atoms with van der Waals surface area (Å²) in [5, 5.41) is 0. The van der Waals surface area contributed by atoms with Crippen molar-refractivity contribution in [3.63, 3.8) is 0 Å². The maximum Gasteiger partial charge on any atom is 0.0163 e. The molecule has 0 fully saturated rings. The highest BCUT2D eigenvalue weighted by Crippen LogP contribution is 2.15. The normalized spacial score (nSPS) is 12.9. The van der Waals surface area contributed by atoms with Gasteiger partial charge in [-0.15, -0.1) is 0 Å². The third-order valence-electron chi connectivity index (χ3n) is 3.48. The molecule has 0 bridgehead atoms. The van der Waals surface area contributed by atoms with Gasteiger partial charge in [-0.05, 0) is 24.1 Å². The first-order chi connectivity index (χ1) is 9.75. The molecular weight excluding hydrogens is 242 g/mol. The lowest BCUT2D eigenvalue weighted by Crippen LogP contribution is -2.23. The minimum atomic E-state index is 0.561. The highest BCUT2D eigenvalue weighted by molar-refractivity contribution is 5.48. The van der Waals surface area contributed by atoms with Crippen LogP contribution >= 0.6 is 0 Å². The predicted octanol–water partition coefficient (Wildman–Crippen LogP) is 4.44. The lowest BCUT2D eigenvalue weighted by atomic mass is 10.0. The first-order valence-electron chi connectivity index (χ1n) is 7.21. The van der Waals surface area contributed by atoms with Crippen molar-refractivity contribution >= 4 is 6.08 Å². The van der Waals surface area contributed by atoms with E-state index < -0.39 is 0 Å². The monoisotopic (exact) mass is 265 g/mol. The summed E-state index contributed by atoms with van der Waals surface area (Å²) in [5.41, 5.74) is 2.67. The fraction of sp³-hybridized carbons (Fsp3) is 0.263. The van der Waals surface area contributed by atoms with E-state index in [4.69, 9.17) is 0 Å². The zero-order valence-corrected chi connectivity index (χ0v) is 12.4. The van der Waals surface area contributed by atoms with Gasteiger partial charge >= 0.3 is 0 Å². The van der Waals surface area contributed by atoms with Gasteiger partial charge in [-0.3, -0.25) is 0 Å². The van der Waals surface area contributed by atoms with Gasteiger partial charge in [-0.2, -0.15) is 0 Å². The molecule has 1 unspecified atom stereocenters. The summed E-state index contributed by atoms with van der Waals surface area (Å²) in [7, 11) is 2.18. The Morgan fingerprint density at radius 3 is 2.20 bits per heavy atom. The molecule has 0 saturated heterocycles. The van der Waals surface area contributed by atoms with Crippen LogP contribution in [0.1, 0.15) is 24.0 Å². The number of hydrogen-bond donors (Lipinski definition) is 0. The minimum absolute atomic E-state index is 0.561. The van der Waals surface area contributed by atoms with Crippen LogP contribution in [-0.2, 0) is 0 Å². The molecule has 0 heterocycles. The van der Waals surface area contributed by atoms with Gasteiger partial charge in [0.1, 0.15) is 0 Å². The molecule has 1 atom stereocenters. The van der Waals surface area contributed by atoms with E-state index in [-0.39, 0.29) is 0 Å². The molecule has 1 nitrogen and oxygen atoms in total. The van der Waals surface area contributed by atoms with Gasteiger partial charge in [-0.25, -0.2) is 0 Å². The summed E-state index contributed by atoms with van der Waals surface area (Å²) in [4.78, 5) is 2.36. The van der Waals surface area contributed by atoms with E-state index in [0.29, 0.717) is 5.92 Å². The van der Waals surface area contributed by atoms with Crippen molar-refractivity contribution in [3.05, 3.63) is 77.9 Å². The molecule has 1 heteroatoms. The highest BCUT2D eigenvalue weighted by atomic mass is 15.1. The van der Waals surface area contributed by atoms with Crippen LogP contribution in [0.2, 0.25) is 0 Å². The van der Waals surface area contributed by atoms with E-state index >= 15 is 0 Å². The van der Waals surface area contributed by atoms with Gasteiger partial charge in [0.15, 0.2) is 0 Å². The number of benzene rings is 2. The SMILES string of the molecule is CC(CN(C)CC=Cc1ccccc1)c1ccccc1. The fourth-order valence-corrected chi connectivity index (χ4v) is 2.36. The fourth-order valence-electron chi connectivity index (χ4n) is 2.36. The Kier molecular flexibility index (Phi) is 5.57. The van der Waals surface area contributed by atoms with Crippen LogP contribution in [0, 0.1) is 0 Å². The first kappa shape index (κ1) is 14.5. The second kappa shape index (κ2) is 7.66. The number of hydrogen-bond acceptors (Lipinski definition) is 1. The van der Waals surface area contributed by atoms with Crippen LogP contribution in [0.4, 0.5) is 0 Å². The zero-order chi connectivity index (χ0) is 14.2. The summed E-state index contributed by atoms with van der Waals surface area (Å²) >= 11 is 0. The largest absolute Gasteiger partial charge is 0.302 e. The molecule has 20 heavy (non-hydrogen) atoms. The summed E-state index contributed by atoms with van der Waals surface area (Å²) in [6.07, 6.45) is 4.41. The lowest BCUT2D eigenvalue weighted by molar-refractivity contribution is 0.349. The second-order valence-corrected chi connectivity index (χ2v) is 5.35. The maximum atomic E-state index is 2.36. The molecule has 2 aromatic rings. The van der Waals surface area contributed by atoms with Gasteiger partial charge in [0.25, 0.3) is 0 Å². The van der Waals surface area contributed by atoms with Crippen molar-refractivity contribution in [3.8, 4) is 0 Å². The standard InChI is InChI=1S/C19H23N/c1-17(19-13-7-4-8-14-19)16-20(2)15-9-12-18-10-5-3-6-11-18/h3-14,17H,15-16H2,1-2H3. The molecule has 0 amide bonds. The predicted molar refractivity (Wildman–Crippen MR) is 87.8 cm³/mol. The van der Waals surface area contributed by atoms with Crippen molar-refractivity contribution in [2.75, 3.05) is 20.1 Å². The van der Waals surface area contributed by atoms with E-state index in [0.717, 1.165) is 13.1 Å². The maximum absolute atomic E-state index is 2.36. The summed E-state index contributed by atoms with van der Waals surface area (Å²) in [6.45, 7) is 4.34. The Balaban J connectivity index is 1.81. The Morgan fingerprint density at radius 2 is 1.55 bits per heavy atom. The van der Waals surface area contributed by atoms with Gasteiger partial charge in [0, 0.05) is 13.1 Å². The Bertz CT molecular complexity index is 516. The van der Waals surface area contributed by atoms with Crippen LogP contribution in [-0.4, -0.2) is 25.0 Å². The number of rotatable bonds is 6. The molecule has 2 rings (SSSR count). The van der Waals surface area contributed by atoms with Crippen molar-refractivity contribution in [1.29, 1.82) is 0 Å². The average Bonchev–Trinajstić information content (AvgIpc) is 2.49. The van der Waals surface area contributed by atoms with Crippen LogP contribution in [0.15, 0.2) is 66.7 Å². The molecule has 104 valence electrons. The molecule has 0 aliphatic carbocycles. The van der Waals surface area contributed by atoms with Crippen molar-refractivity contribution in [1.82, 2.24) is 4.90 Å². The van der Waals surface area contributed by atoms with Crippen molar-refractivity contribution in [2.24, 2.45) is 0 Å². The second-order valence-electron chi connectivity index (χ2n) is 5.35. The van der Waals surface area contributed by atoms with E-state index in [1.165, 1.54) is 11.1 Å². The molecule has 0 aliphatic heterocycles. The average molecular weight is 265 g/mol. The highest BCUT2D eigenvalue weighted by Gasteiger charge is 2.07. The lowest BCUT2D eigenvalue weighted by Gasteiger charge is -2.20. The van der Waals surface area contributed by atoms with Gasteiger partial charge in [0.05, 0.1) is 0 Å². The minimum Gasteiger partial charge on any atom is -0.302 e. The van der Waals surface area contributed by atoms with E-state index in [1.807, 2.05) is 6.07 Å². The molecule has 0 N–H and O–H groups in total.